The van der Waals surface area contributed by atoms with Crippen molar-refractivity contribution in [3.05, 3.63) is 34.3 Å². The normalized spacial score (nSPS) is 12.2. The molecule has 0 saturated heterocycles. The number of aryl methyl sites for hydroxylation is 1. The van der Waals surface area contributed by atoms with E-state index in [9.17, 15) is 0 Å². The Morgan fingerprint density at radius 2 is 2.25 bits per heavy atom. The Morgan fingerprint density at radius 3 is 2.90 bits per heavy atom. The molecular weight excluding hydrogens is 270 g/mol. The van der Waals surface area contributed by atoms with E-state index >= 15 is 0 Å². The summed E-state index contributed by atoms with van der Waals surface area (Å²) < 4.78 is 5.64. The molecule has 1 aromatic heterocycles. The highest BCUT2D eigenvalue weighted by atomic mass is 32.1. The number of nitrogen functional groups attached to an aromatic ring is 1. The molecule has 3 N–H and O–H groups in total. The molecular formula is C15H21N3OS. The SMILES string of the molecule is CCCOc1cccc(NC(C)c2nc(C)cs2)c1N. The van der Waals surface area contributed by atoms with Crippen LogP contribution in [0.5, 0.6) is 5.75 Å². The fourth-order valence-electron chi connectivity index (χ4n) is 1.87. The van der Waals surface area contributed by atoms with Crippen molar-refractivity contribution < 1.29 is 4.74 Å². The van der Waals surface area contributed by atoms with Gasteiger partial charge in [0.05, 0.1) is 24.0 Å². The van der Waals surface area contributed by atoms with Crippen molar-refractivity contribution in [2.45, 2.75) is 33.2 Å². The minimum atomic E-state index is 0.123. The summed E-state index contributed by atoms with van der Waals surface area (Å²) in [6.07, 6.45) is 0.964. The molecule has 0 radical (unpaired) electrons. The van der Waals surface area contributed by atoms with Crippen LogP contribution in [0.25, 0.3) is 0 Å². The summed E-state index contributed by atoms with van der Waals surface area (Å²) in [5, 5.41) is 6.51. The molecule has 2 aromatic rings. The summed E-state index contributed by atoms with van der Waals surface area (Å²) >= 11 is 1.66. The zero-order chi connectivity index (χ0) is 14.5. The van der Waals surface area contributed by atoms with E-state index in [1.54, 1.807) is 11.3 Å². The largest absolute Gasteiger partial charge is 0.491 e. The molecule has 1 heterocycles. The number of hydrogen-bond acceptors (Lipinski definition) is 5. The molecule has 0 aliphatic heterocycles. The molecule has 0 aliphatic rings. The van der Waals surface area contributed by atoms with Crippen molar-refractivity contribution in [1.29, 1.82) is 0 Å². The lowest BCUT2D eigenvalue weighted by atomic mass is 10.2. The van der Waals surface area contributed by atoms with E-state index in [0.717, 1.165) is 28.6 Å². The number of nitrogens with zero attached hydrogens (tertiary/aromatic N) is 1. The van der Waals surface area contributed by atoms with Gasteiger partial charge in [-0.15, -0.1) is 11.3 Å². The maximum atomic E-state index is 6.15. The average Bonchev–Trinajstić information content (AvgIpc) is 2.86. The summed E-state index contributed by atoms with van der Waals surface area (Å²) in [6, 6.07) is 5.93. The van der Waals surface area contributed by atoms with Crippen molar-refractivity contribution in [3.8, 4) is 5.75 Å². The van der Waals surface area contributed by atoms with E-state index < -0.39 is 0 Å². The van der Waals surface area contributed by atoms with E-state index in [-0.39, 0.29) is 6.04 Å². The zero-order valence-electron chi connectivity index (χ0n) is 12.1. The average molecular weight is 291 g/mol. The summed E-state index contributed by atoms with van der Waals surface area (Å²) in [6.45, 7) is 6.83. The number of nitrogens with two attached hydrogens (primary N) is 1. The molecule has 20 heavy (non-hydrogen) atoms. The molecule has 2 rings (SSSR count). The molecule has 0 amide bonds. The Bertz CT molecular complexity index is 568. The summed E-state index contributed by atoms with van der Waals surface area (Å²) in [5.74, 6) is 0.736. The lowest BCUT2D eigenvalue weighted by Gasteiger charge is -2.17. The van der Waals surface area contributed by atoms with E-state index in [4.69, 9.17) is 10.5 Å². The van der Waals surface area contributed by atoms with Crippen molar-refractivity contribution >= 4 is 22.7 Å². The van der Waals surface area contributed by atoms with E-state index in [1.165, 1.54) is 0 Å². The molecule has 0 spiro atoms. The summed E-state index contributed by atoms with van der Waals surface area (Å²) in [7, 11) is 0. The summed E-state index contributed by atoms with van der Waals surface area (Å²) in [4.78, 5) is 4.49. The van der Waals surface area contributed by atoms with Gasteiger partial charge in [0, 0.05) is 11.1 Å². The van der Waals surface area contributed by atoms with Crippen LogP contribution in [0.4, 0.5) is 11.4 Å². The van der Waals surface area contributed by atoms with Crippen molar-refractivity contribution in [2.75, 3.05) is 17.7 Å². The minimum absolute atomic E-state index is 0.123. The molecule has 0 aliphatic carbocycles. The van der Waals surface area contributed by atoms with Crippen LogP contribution >= 0.6 is 11.3 Å². The smallest absolute Gasteiger partial charge is 0.144 e. The van der Waals surface area contributed by atoms with Crippen LogP contribution in [0.3, 0.4) is 0 Å². The predicted octanol–water partition coefficient (Wildman–Crippen LogP) is 4.00. The van der Waals surface area contributed by atoms with Crippen LogP contribution in [-0.2, 0) is 0 Å². The van der Waals surface area contributed by atoms with Crippen molar-refractivity contribution in [2.24, 2.45) is 0 Å². The van der Waals surface area contributed by atoms with Gasteiger partial charge in [-0.2, -0.15) is 0 Å². The number of nitrogens with one attached hydrogen (secondary N) is 1. The van der Waals surface area contributed by atoms with Gasteiger partial charge in [0.1, 0.15) is 10.8 Å². The second kappa shape index (κ2) is 6.61. The molecule has 4 nitrogen and oxygen atoms in total. The highest BCUT2D eigenvalue weighted by molar-refractivity contribution is 7.09. The number of benzene rings is 1. The topological polar surface area (TPSA) is 60.2 Å². The van der Waals surface area contributed by atoms with Gasteiger partial charge in [0.2, 0.25) is 0 Å². The van der Waals surface area contributed by atoms with Crippen molar-refractivity contribution in [3.63, 3.8) is 0 Å². The van der Waals surface area contributed by atoms with Gasteiger partial charge in [-0.3, -0.25) is 0 Å². The second-order valence-electron chi connectivity index (χ2n) is 4.76. The number of anilines is 2. The van der Waals surface area contributed by atoms with Crippen LogP contribution in [0.2, 0.25) is 0 Å². The molecule has 0 fully saturated rings. The van der Waals surface area contributed by atoms with Crippen molar-refractivity contribution in [1.82, 2.24) is 4.98 Å². The van der Waals surface area contributed by atoms with E-state index in [1.807, 2.05) is 25.1 Å². The first-order valence-corrected chi connectivity index (χ1v) is 7.69. The number of ether oxygens (including phenoxy) is 1. The Balaban J connectivity index is 2.12. The number of para-hydroxylation sites is 1. The molecule has 5 heteroatoms. The molecule has 1 unspecified atom stereocenters. The second-order valence-corrected chi connectivity index (χ2v) is 5.65. The Hall–Kier alpha value is -1.75. The molecule has 108 valence electrons. The number of thiazole rings is 1. The van der Waals surface area contributed by atoms with Crippen LogP contribution in [-0.4, -0.2) is 11.6 Å². The van der Waals surface area contributed by atoms with E-state index in [0.29, 0.717) is 12.3 Å². The Kier molecular flexibility index (Phi) is 4.84. The highest BCUT2D eigenvalue weighted by Crippen LogP contribution is 2.32. The fraction of sp³-hybridized carbons (Fsp3) is 0.400. The summed E-state index contributed by atoms with van der Waals surface area (Å²) in [5.41, 5.74) is 8.74. The molecule has 1 aromatic carbocycles. The maximum absolute atomic E-state index is 6.15. The molecule has 1 atom stereocenters. The van der Waals surface area contributed by atoms with Gasteiger partial charge in [0.15, 0.2) is 0 Å². The third-order valence-electron chi connectivity index (χ3n) is 2.91. The van der Waals surface area contributed by atoms with E-state index in [2.05, 4.69) is 29.5 Å². The van der Waals surface area contributed by atoms with Gasteiger partial charge in [-0.25, -0.2) is 4.98 Å². The molecule has 0 bridgehead atoms. The zero-order valence-corrected chi connectivity index (χ0v) is 13.0. The Morgan fingerprint density at radius 1 is 1.45 bits per heavy atom. The van der Waals surface area contributed by atoms with Gasteiger partial charge in [-0.05, 0) is 32.4 Å². The first-order valence-electron chi connectivity index (χ1n) is 6.81. The lowest BCUT2D eigenvalue weighted by molar-refractivity contribution is 0.319. The first kappa shape index (κ1) is 14.7. The van der Waals surface area contributed by atoms with Gasteiger partial charge in [-0.1, -0.05) is 13.0 Å². The standard InChI is InChI=1S/C15H21N3OS/c1-4-8-19-13-7-5-6-12(14(13)16)18-11(3)15-17-10(2)9-20-15/h5-7,9,11,18H,4,8,16H2,1-3H3. The van der Waals surface area contributed by atoms with Crippen LogP contribution in [0, 0.1) is 6.92 Å². The van der Waals surface area contributed by atoms with Crippen LogP contribution in [0.1, 0.15) is 37.0 Å². The number of hydrogen-bond donors (Lipinski definition) is 2. The quantitative estimate of drug-likeness (QED) is 0.790. The minimum Gasteiger partial charge on any atom is -0.491 e. The van der Waals surface area contributed by atoms with Gasteiger partial charge in [0.25, 0.3) is 0 Å². The highest BCUT2D eigenvalue weighted by Gasteiger charge is 2.12. The number of aromatic nitrogens is 1. The lowest BCUT2D eigenvalue weighted by Crippen LogP contribution is -2.09. The van der Waals surface area contributed by atoms with Crippen LogP contribution < -0.4 is 15.8 Å². The van der Waals surface area contributed by atoms with Crippen LogP contribution in [0.15, 0.2) is 23.6 Å². The maximum Gasteiger partial charge on any atom is 0.144 e. The van der Waals surface area contributed by atoms with Gasteiger partial charge < -0.3 is 15.8 Å². The van der Waals surface area contributed by atoms with Gasteiger partial charge >= 0.3 is 0 Å². The predicted molar refractivity (Wildman–Crippen MR) is 85.5 cm³/mol. The third-order valence-corrected chi connectivity index (χ3v) is 4.05. The monoisotopic (exact) mass is 291 g/mol. The fourth-order valence-corrected chi connectivity index (χ4v) is 2.68. The Labute approximate surface area is 124 Å². The third kappa shape index (κ3) is 3.42. The number of rotatable bonds is 6. The molecule has 0 saturated carbocycles. The first-order chi connectivity index (χ1) is 9.61.